The molecule has 20 heavy (non-hydrogen) atoms. The summed E-state index contributed by atoms with van der Waals surface area (Å²) in [5, 5.41) is 0.629. The maximum absolute atomic E-state index is 6.32. The zero-order valence-electron chi connectivity index (χ0n) is 11.6. The highest BCUT2D eigenvalue weighted by Crippen LogP contribution is 2.24. The monoisotopic (exact) mass is 287 g/mol. The summed E-state index contributed by atoms with van der Waals surface area (Å²) < 4.78 is 0. The Hall–Kier alpha value is -1.45. The van der Waals surface area contributed by atoms with E-state index < -0.39 is 0 Å². The second-order valence-corrected chi connectivity index (χ2v) is 5.51. The third-order valence-electron chi connectivity index (χ3n) is 3.70. The molecule has 4 heteroatoms. The second-order valence-electron chi connectivity index (χ2n) is 5.16. The van der Waals surface area contributed by atoms with Gasteiger partial charge in [0.2, 0.25) is 0 Å². The van der Waals surface area contributed by atoms with Crippen molar-refractivity contribution >= 4 is 11.6 Å². The van der Waals surface area contributed by atoms with Crippen LogP contribution in [0.1, 0.15) is 29.6 Å². The van der Waals surface area contributed by atoms with Gasteiger partial charge in [0.25, 0.3) is 0 Å². The lowest BCUT2D eigenvalue weighted by molar-refractivity contribution is 0.242. The minimum absolute atomic E-state index is 0.629. The van der Waals surface area contributed by atoms with E-state index in [0.717, 1.165) is 49.6 Å². The first-order valence-corrected chi connectivity index (χ1v) is 7.44. The average molecular weight is 288 g/mol. The van der Waals surface area contributed by atoms with E-state index in [4.69, 9.17) is 11.6 Å². The molecule has 0 fully saturated rings. The third kappa shape index (κ3) is 2.84. The number of rotatable bonds is 3. The second kappa shape index (κ2) is 5.90. The Balaban J connectivity index is 1.78. The van der Waals surface area contributed by atoms with Crippen molar-refractivity contribution in [2.45, 2.75) is 32.9 Å². The van der Waals surface area contributed by atoms with Crippen LogP contribution in [0.5, 0.6) is 0 Å². The van der Waals surface area contributed by atoms with Crippen molar-refractivity contribution < 1.29 is 0 Å². The molecule has 104 valence electrons. The lowest BCUT2D eigenvalue weighted by atomic mass is 10.1. The van der Waals surface area contributed by atoms with Crippen LogP contribution < -0.4 is 0 Å². The summed E-state index contributed by atoms with van der Waals surface area (Å²) in [4.78, 5) is 11.4. The normalized spacial score (nSPS) is 15.1. The van der Waals surface area contributed by atoms with Gasteiger partial charge in [-0.15, -0.1) is 0 Å². The molecule has 0 N–H and O–H groups in total. The minimum atomic E-state index is 0.629. The standard InChI is InChI=1S/C16H18ClN3/c1-2-15-18-14-8-9-20(11-13(14)16(17)19-15)10-12-6-4-3-5-7-12/h3-7H,2,8-11H2,1H3. The van der Waals surface area contributed by atoms with Gasteiger partial charge in [-0.2, -0.15) is 0 Å². The summed E-state index contributed by atoms with van der Waals surface area (Å²) in [5.74, 6) is 0.852. The fourth-order valence-corrected chi connectivity index (χ4v) is 2.88. The Morgan fingerprint density at radius 1 is 1.20 bits per heavy atom. The predicted molar refractivity (Wildman–Crippen MR) is 80.7 cm³/mol. The van der Waals surface area contributed by atoms with Gasteiger partial charge in [0.05, 0.1) is 5.69 Å². The summed E-state index contributed by atoms with van der Waals surface area (Å²) in [6.07, 6.45) is 1.79. The molecular weight excluding hydrogens is 270 g/mol. The average Bonchev–Trinajstić information content (AvgIpc) is 2.48. The smallest absolute Gasteiger partial charge is 0.137 e. The van der Waals surface area contributed by atoms with Crippen LogP contribution in [-0.4, -0.2) is 21.4 Å². The van der Waals surface area contributed by atoms with E-state index in [1.54, 1.807) is 0 Å². The molecule has 0 unspecified atom stereocenters. The highest BCUT2D eigenvalue weighted by Gasteiger charge is 2.21. The van der Waals surface area contributed by atoms with Crippen molar-refractivity contribution in [1.82, 2.24) is 14.9 Å². The molecule has 2 heterocycles. The van der Waals surface area contributed by atoms with E-state index in [1.165, 1.54) is 5.56 Å². The molecule has 1 aromatic carbocycles. The van der Waals surface area contributed by atoms with Gasteiger partial charge in [0.15, 0.2) is 0 Å². The molecule has 0 spiro atoms. The van der Waals surface area contributed by atoms with Crippen molar-refractivity contribution in [3.63, 3.8) is 0 Å². The number of halogens is 1. The van der Waals surface area contributed by atoms with E-state index in [1.807, 2.05) is 6.07 Å². The summed E-state index contributed by atoms with van der Waals surface area (Å²) in [6.45, 7) is 4.88. The van der Waals surface area contributed by atoms with Gasteiger partial charge in [-0.05, 0) is 5.56 Å². The van der Waals surface area contributed by atoms with Gasteiger partial charge >= 0.3 is 0 Å². The Bertz CT molecular complexity index is 598. The molecule has 0 bridgehead atoms. The van der Waals surface area contributed by atoms with Crippen LogP contribution in [0.3, 0.4) is 0 Å². The van der Waals surface area contributed by atoms with Gasteiger partial charge in [0, 0.05) is 38.0 Å². The van der Waals surface area contributed by atoms with Crippen LogP contribution in [0.15, 0.2) is 30.3 Å². The highest BCUT2D eigenvalue weighted by molar-refractivity contribution is 6.30. The van der Waals surface area contributed by atoms with Gasteiger partial charge < -0.3 is 0 Å². The maximum atomic E-state index is 6.32. The fourth-order valence-electron chi connectivity index (χ4n) is 2.61. The van der Waals surface area contributed by atoms with Crippen LogP contribution >= 0.6 is 11.6 Å². The van der Waals surface area contributed by atoms with Crippen LogP contribution in [0, 0.1) is 0 Å². The lowest BCUT2D eigenvalue weighted by Crippen LogP contribution is -2.31. The third-order valence-corrected chi connectivity index (χ3v) is 4.01. The molecule has 2 aromatic rings. The Labute approximate surface area is 124 Å². The molecule has 3 nitrogen and oxygen atoms in total. The summed E-state index contributed by atoms with van der Waals surface area (Å²) >= 11 is 6.32. The minimum Gasteiger partial charge on any atom is -0.294 e. The van der Waals surface area contributed by atoms with E-state index in [0.29, 0.717) is 5.15 Å². The lowest BCUT2D eigenvalue weighted by Gasteiger charge is -2.28. The fraction of sp³-hybridized carbons (Fsp3) is 0.375. The maximum Gasteiger partial charge on any atom is 0.137 e. The zero-order valence-corrected chi connectivity index (χ0v) is 12.4. The molecule has 3 rings (SSSR count). The van der Waals surface area contributed by atoms with E-state index in [9.17, 15) is 0 Å². The molecule has 0 atom stereocenters. The van der Waals surface area contributed by atoms with Crippen molar-refractivity contribution in [3.05, 3.63) is 58.1 Å². The van der Waals surface area contributed by atoms with Gasteiger partial charge in [0.1, 0.15) is 11.0 Å². The number of benzene rings is 1. The van der Waals surface area contributed by atoms with Crippen molar-refractivity contribution in [2.75, 3.05) is 6.54 Å². The van der Waals surface area contributed by atoms with E-state index in [2.05, 4.69) is 46.1 Å². The van der Waals surface area contributed by atoms with Crippen molar-refractivity contribution in [3.8, 4) is 0 Å². The molecule has 0 aliphatic carbocycles. The van der Waals surface area contributed by atoms with Crippen molar-refractivity contribution in [2.24, 2.45) is 0 Å². The predicted octanol–water partition coefficient (Wildman–Crippen LogP) is 3.25. The molecule has 1 aliphatic heterocycles. The summed E-state index contributed by atoms with van der Waals surface area (Å²) in [5.41, 5.74) is 3.57. The van der Waals surface area contributed by atoms with Gasteiger partial charge in [-0.3, -0.25) is 4.90 Å². The van der Waals surface area contributed by atoms with Gasteiger partial charge in [-0.25, -0.2) is 9.97 Å². The zero-order chi connectivity index (χ0) is 13.9. The molecule has 1 aliphatic rings. The van der Waals surface area contributed by atoms with Crippen LogP contribution in [0.2, 0.25) is 5.15 Å². The number of nitrogens with zero attached hydrogens (tertiary/aromatic N) is 3. The highest BCUT2D eigenvalue weighted by atomic mass is 35.5. The molecule has 0 saturated carbocycles. The first-order valence-electron chi connectivity index (χ1n) is 7.06. The van der Waals surface area contributed by atoms with E-state index in [-0.39, 0.29) is 0 Å². The molecule has 0 amide bonds. The van der Waals surface area contributed by atoms with Crippen LogP contribution in [0.25, 0.3) is 0 Å². The summed E-state index contributed by atoms with van der Waals surface area (Å²) in [6, 6.07) is 10.5. The SMILES string of the molecule is CCc1nc(Cl)c2c(n1)CCN(Cc1ccccc1)C2. The van der Waals surface area contributed by atoms with Crippen LogP contribution in [-0.2, 0) is 25.9 Å². The number of aromatic nitrogens is 2. The van der Waals surface area contributed by atoms with E-state index >= 15 is 0 Å². The Morgan fingerprint density at radius 3 is 2.75 bits per heavy atom. The summed E-state index contributed by atoms with van der Waals surface area (Å²) in [7, 11) is 0. The quantitative estimate of drug-likeness (QED) is 0.812. The van der Waals surface area contributed by atoms with Crippen LogP contribution in [0.4, 0.5) is 0 Å². The Kier molecular flexibility index (Phi) is 3.99. The number of fused-ring (bicyclic) bond motifs is 1. The number of hydrogen-bond acceptors (Lipinski definition) is 3. The number of aryl methyl sites for hydroxylation is 1. The Morgan fingerprint density at radius 2 is 2.00 bits per heavy atom. The first-order chi connectivity index (χ1) is 9.76. The largest absolute Gasteiger partial charge is 0.294 e. The molecule has 1 aromatic heterocycles. The number of hydrogen-bond donors (Lipinski definition) is 0. The molecular formula is C16H18ClN3. The van der Waals surface area contributed by atoms with Gasteiger partial charge in [-0.1, -0.05) is 48.9 Å². The molecule has 0 saturated heterocycles. The van der Waals surface area contributed by atoms with Crippen molar-refractivity contribution in [1.29, 1.82) is 0 Å². The topological polar surface area (TPSA) is 29.0 Å². The molecule has 0 radical (unpaired) electrons. The first kappa shape index (κ1) is 13.5.